The second-order valence-electron chi connectivity index (χ2n) is 1.55. The molecule has 0 aliphatic carbocycles. The summed E-state index contributed by atoms with van der Waals surface area (Å²) in [6.45, 7) is 0.562. The molecule has 0 aromatic heterocycles. The topological polar surface area (TPSA) is 40.5 Å². The van der Waals surface area contributed by atoms with Crippen molar-refractivity contribution in [3.8, 4) is 0 Å². The first kappa shape index (κ1) is 11.2. The van der Waals surface area contributed by atoms with Crippen LogP contribution in [-0.2, 0) is 0 Å². The van der Waals surface area contributed by atoms with Gasteiger partial charge in [0.1, 0.15) is 0 Å². The van der Waals surface area contributed by atoms with Gasteiger partial charge in [0, 0.05) is 0 Å². The Bertz CT molecular complexity index is 66.7. The van der Waals surface area contributed by atoms with Gasteiger partial charge in [-0.15, -0.1) is 0 Å². The second kappa shape index (κ2) is 8.28. The molecule has 0 unspecified atom stereocenters. The first-order valence-corrected chi connectivity index (χ1v) is 11.4. The monoisotopic (exact) mass is 244 g/mol. The molecular formula is C5H13AsO2S2. The van der Waals surface area contributed by atoms with Gasteiger partial charge in [-0.2, -0.15) is 0 Å². The Hall–Kier alpha value is 1.18. The molecule has 0 fully saturated rings. The minimum absolute atomic E-state index is 0.281. The molecule has 0 amide bonds. The van der Waals surface area contributed by atoms with Gasteiger partial charge in [0.25, 0.3) is 0 Å². The van der Waals surface area contributed by atoms with Crippen LogP contribution in [0.3, 0.4) is 0 Å². The molecule has 0 aromatic rings. The molecule has 0 rings (SSSR count). The number of aliphatic hydroxyl groups is 2. The van der Waals surface area contributed by atoms with E-state index in [1.807, 2.05) is 20.0 Å². The first-order chi connectivity index (χ1) is 4.81. The van der Waals surface area contributed by atoms with E-state index in [1.54, 1.807) is 0 Å². The van der Waals surface area contributed by atoms with Crippen LogP contribution in [0.15, 0.2) is 0 Å². The molecule has 0 aliphatic rings. The summed E-state index contributed by atoms with van der Waals surface area (Å²) < 4.78 is 0. The standard InChI is InChI=1S/C5H13AsO2S2/c1-6(9-4-2-7)10-5-3-8/h7-8H,2-5H2,1H3. The van der Waals surface area contributed by atoms with Crippen LogP contribution in [0.1, 0.15) is 0 Å². The zero-order valence-electron chi connectivity index (χ0n) is 5.99. The van der Waals surface area contributed by atoms with Crippen LogP contribution in [0, 0.1) is 0 Å². The predicted octanol–water partition coefficient (Wildman–Crippen LogP) is 0.555. The zero-order chi connectivity index (χ0) is 7.82. The molecule has 62 valence electrons. The molecule has 0 spiro atoms. The SMILES string of the molecule is C[As](SCCO)SCCO. The van der Waals surface area contributed by atoms with E-state index < -0.39 is 12.3 Å². The molecule has 0 heterocycles. The van der Waals surface area contributed by atoms with Crippen LogP contribution in [0.4, 0.5) is 0 Å². The second-order valence-corrected chi connectivity index (χ2v) is 14.9. The van der Waals surface area contributed by atoms with Gasteiger partial charge in [-0.1, -0.05) is 0 Å². The first-order valence-electron chi connectivity index (χ1n) is 3.02. The van der Waals surface area contributed by atoms with Gasteiger partial charge in [-0.25, -0.2) is 0 Å². The van der Waals surface area contributed by atoms with Crippen LogP contribution in [0.2, 0.25) is 5.71 Å². The van der Waals surface area contributed by atoms with E-state index in [0.29, 0.717) is 0 Å². The summed E-state index contributed by atoms with van der Waals surface area (Å²) in [6.07, 6.45) is 0. The molecule has 2 N–H and O–H groups in total. The Labute approximate surface area is 73.0 Å². The molecule has 0 aliphatic heterocycles. The van der Waals surface area contributed by atoms with Gasteiger partial charge in [-0.05, 0) is 0 Å². The summed E-state index contributed by atoms with van der Waals surface area (Å²) in [5.41, 5.74) is 2.23. The summed E-state index contributed by atoms with van der Waals surface area (Å²) in [7, 11) is 3.73. The molecule has 2 nitrogen and oxygen atoms in total. The van der Waals surface area contributed by atoms with Crippen molar-refractivity contribution in [1.29, 1.82) is 0 Å². The van der Waals surface area contributed by atoms with E-state index in [1.165, 1.54) is 0 Å². The van der Waals surface area contributed by atoms with Crippen molar-refractivity contribution < 1.29 is 10.2 Å². The minimum atomic E-state index is -0.785. The summed E-state index contributed by atoms with van der Waals surface area (Å²) in [6, 6.07) is 0. The fourth-order valence-electron chi connectivity index (χ4n) is 0.376. The van der Waals surface area contributed by atoms with E-state index in [9.17, 15) is 0 Å². The van der Waals surface area contributed by atoms with Crippen molar-refractivity contribution in [2.75, 3.05) is 24.7 Å². The van der Waals surface area contributed by atoms with Crippen LogP contribution in [0.5, 0.6) is 0 Å². The van der Waals surface area contributed by atoms with Crippen LogP contribution in [0.25, 0.3) is 0 Å². The molecule has 5 heteroatoms. The van der Waals surface area contributed by atoms with Gasteiger partial charge < -0.3 is 0 Å². The normalized spacial score (nSPS) is 10.8. The molecule has 10 heavy (non-hydrogen) atoms. The quantitative estimate of drug-likeness (QED) is 0.670. The average Bonchev–Trinajstić information content (AvgIpc) is 1.97. The third-order valence-electron chi connectivity index (χ3n) is 0.729. The van der Waals surface area contributed by atoms with Gasteiger partial charge in [0.05, 0.1) is 0 Å². The number of rotatable bonds is 6. The molecule has 0 saturated heterocycles. The van der Waals surface area contributed by atoms with Gasteiger partial charge in [0.15, 0.2) is 0 Å². The van der Waals surface area contributed by atoms with Crippen molar-refractivity contribution in [2.24, 2.45) is 0 Å². The third-order valence-corrected chi connectivity index (χ3v) is 12.3. The average molecular weight is 244 g/mol. The summed E-state index contributed by atoms with van der Waals surface area (Å²) in [5.74, 6) is 1.71. The van der Waals surface area contributed by atoms with Gasteiger partial charge >= 0.3 is 73.0 Å². The van der Waals surface area contributed by atoms with Crippen molar-refractivity contribution in [2.45, 2.75) is 5.71 Å². The van der Waals surface area contributed by atoms with E-state index in [0.717, 1.165) is 11.5 Å². The number of aliphatic hydroxyl groups excluding tert-OH is 2. The molecule has 0 bridgehead atoms. The fourth-order valence-corrected chi connectivity index (χ4v) is 9.35. The molecule has 0 atom stereocenters. The fraction of sp³-hybridized carbons (Fsp3) is 1.00. The summed E-state index contributed by atoms with van der Waals surface area (Å²) in [4.78, 5) is 0. The van der Waals surface area contributed by atoms with Crippen LogP contribution in [-0.4, -0.2) is 47.3 Å². The van der Waals surface area contributed by atoms with E-state index in [4.69, 9.17) is 10.2 Å². The maximum atomic E-state index is 8.48. The Morgan fingerprint density at radius 1 is 1.10 bits per heavy atom. The van der Waals surface area contributed by atoms with E-state index in [2.05, 4.69) is 5.71 Å². The Morgan fingerprint density at radius 3 is 1.80 bits per heavy atom. The Kier molecular flexibility index (Phi) is 9.25. The van der Waals surface area contributed by atoms with Crippen molar-refractivity contribution in [3.05, 3.63) is 0 Å². The van der Waals surface area contributed by atoms with Crippen LogP contribution < -0.4 is 0 Å². The maximum absolute atomic E-state index is 8.48. The van der Waals surface area contributed by atoms with Gasteiger partial charge in [-0.3, -0.25) is 0 Å². The summed E-state index contributed by atoms with van der Waals surface area (Å²) >= 11 is -0.785. The molecule has 0 radical (unpaired) electrons. The van der Waals surface area contributed by atoms with Crippen molar-refractivity contribution >= 4 is 32.4 Å². The third kappa shape index (κ3) is 7.29. The van der Waals surface area contributed by atoms with Crippen molar-refractivity contribution in [3.63, 3.8) is 0 Å². The molecule has 0 aromatic carbocycles. The molecule has 0 saturated carbocycles. The number of hydrogen-bond acceptors (Lipinski definition) is 4. The molecular weight excluding hydrogens is 231 g/mol. The van der Waals surface area contributed by atoms with Crippen LogP contribution >= 0.6 is 20.0 Å². The van der Waals surface area contributed by atoms with E-state index in [-0.39, 0.29) is 13.2 Å². The number of hydrogen-bond donors (Lipinski definition) is 2. The zero-order valence-corrected chi connectivity index (χ0v) is 9.50. The Balaban J connectivity index is 3.00. The van der Waals surface area contributed by atoms with E-state index >= 15 is 0 Å². The van der Waals surface area contributed by atoms with Gasteiger partial charge in [0.2, 0.25) is 0 Å². The predicted molar refractivity (Wildman–Crippen MR) is 50.7 cm³/mol. The van der Waals surface area contributed by atoms with Crippen molar-refractivity contribution in [1.82, 2.24) is 0 Å². The summed E-state index contributed by atoms with van der Waals surface area (Å²) in [5, 5.41) is 17.0. The Morgan fingerprint density at radius 2 is 1.50 bits per heavy atom.